The van der Waals surface area contributed by atoms with Gasteiger partial charge >= 0.3 is 18.2 Å². The number of amides is 2. The highest BCUT2D eigenvalue weighted by Crippen LogP contribution is 2.06. The van der Waals surface area contributed by atoms with Crippen LogP contribution in [0.4, 0.5) is 9.59 Å². The van der Waals surface area contributed by atoms with Gasteiger partial charge in [-0.15, -0.1) is 0 Å². The first-order valence-electron chi connectivity index (χ1n) is 9.09. The molecule has 9 heteroatoms. The topological polar surface area (TPSA) is 126 Å². The molecule has 0 radical (unpaired) electrons. The molecule has 28 heavy (non-hydrogen) atoms. The normalized spacial score (nSPS) is 12.0. The first-order valence-corrected chi connectivity index (χ1v) is 9.09. The molecule has 156 valence electrons. The van der Waals surface area contributed by atoms with Gasteiger partial charge < -0.3 is 19.9 Å². The van der Waals surface area contributed by atoms with Gasteiger partial charge in [-0.3, -0.25) is 10.2 Å². The Morgan fingerprint density at radius 2 is 1.75 bits per heavy atom. The number of carboxylic acid groups (broad SMARTS) is 1. The van der Waals surface area contributed by atoms with Crippen LogP contribution < -0.4 is 16.2 Å². The molecule has 0 saturated heterocycles. The van der Waals surface area contributed by atoms with Gasteiger partial charge in [-0.1, -0.05) is 30.3 Å². The van der Waals surface area contributed by atoms with Crippen LogP contribution in [0.1, 0.15) is 45.6 Å². The first kappa shape index (κ1) is 23.2. The van der Waals surface area contributed by atoms with Gasteiger partial charge in [0, 0.05) is 6.54 Å². The van der Waals surface area contributed by atoms with Gasteiger partial charge in [-0.2, -0.15) is 0 Å². The summed E-state index contributed by atoms with van der Waals surface area (Å²) < 4.78 is 10.1. The summed E-state index contributed by atoms with van der Waals surface area (Å²) >= 11 is 0. The maximum Gasteiger partial charge on any atom is 0.422 e. The van der Waals surface area contributed by atoms with Gasteiger partial charge in [0.15, 0.2) is 0 Å². The van der Waals surface area contributed by atoms with Crippen molar-refractivity contribution in [3.05, 3.63) is 35.9 Å². The number of aliphatic carboxylic acids is 1. The maximum atomic E-state index is 11.6. The van der Waals surface area contributed by atoms with E-state index in [1.54, 1.807) is 20.8 Å². The molecule has 0 aromatic heterocycles. The van der Waals surface area contributed by atoms with E-state index in [9.17, 15) is 19.5 Å². The molecule has 0 unspecified atom stereocenters. The molecule has 1 aromatic rings. The molecular weight excluding hydrogens is 366 g/mol. The number of alkyl carbamates (subject to hydrolysis) is 1. The van der Waals surface area contributed by atoms with Crippen LogP contribution in [0.3, 0.4) is 0 Å². The molecule has 1 rings (SSSR count). The van der Waals surface area contributed by atoms with Crippen LogP contribution in [0.2, 0.25) is 0 Å². The summed E-state index contributed by atoms with van der Waals surface area (Å²) in [5, 5.41) is 11.8. The van der Waals surface area contributed by atoms with Gasteiger partial charge in [-0.25, -0.2) is 15.0 Å². The summed E-state index contributed by atoms with van der Waals surface area (Å²) in [7, 11) is 0. The standard InChI is InChI=1S/C19H29N3O6/c1-19(2,3)28-18(26)22-21-15(16(23)24)11-7-8-12-20-17(25)27-13-14-9-5-4-6-10-14/h4-6,9-10,15,21H,7-8,11-13H2,1-3H3,(H,20,25)(H,22,26)(H,23,24)/t15-/m0/s1. The van der Waals surface area contributed by atoms with Crippen molar-refractivity contribution >= 4 is 18.2 Å². The molecule has 0 bridgehead atoms. The number of ether oxygens (including phenoxy) is 2. The Hall–Kier alpha value is -2.81. The number of hydrogen-bond acceptors (Lipinski definition) is 6. The molecular formula is C19H29N3O6. The minimum absolute atomic E-state index is 0.189. The number of carbonyl (C=O) groups excluding carboxylic acids is 2. The maximum absolute atomic E-state index is 11.6. The molecule has 2 amide bonds. The highest BCUT2D eigenvalue weighted by molar-refractivity contribution is 5.74. The number of carbonyl (C=O) groups is 3. The van der Waals surface area contributed by atoms with Crippen molar-refractivity contribution in [2.24, 2.45) is 0 Å². The summed E-state index contributed by atoms with van der Waals surface area (Å²) in [6.45, 7) is 5.67. The number of unbranched alkanes of at least 4 members (excludes halogenated alkanes) is 1. The third kappa shape index (κ3) is 11.0. The number of hydrazine groups is 1. The second-order valence-corrected chi connectivity index (χ2v) is 7.15. The zero-order valence-corrected chi connectivity index (χ0v) is 16.5. The Bertz CT molecular complexity index is 630. The molecule has 4 N–H and O–H groups in total. The van der Waals surface area contributed by atoms with Crippen molar-refractivity contribution < 1.29 is 29.0 Å². The SMILES string of the molecule is CC(C)(C)OC(=O)NN[C@@H](CCCCNC(=O)OCc1ccccc1)C(=O)O. The molecule has 1 aromatic carbocycles. The molecule has 0 saturated carbocycles. The van der Waals surface area contributed by atoms with E-state index in [1.807, 2.05) is 30.3 Å². The van der Waals surface area contributed by atoms with Crippen LogP contribution in [-0.4, -0.2) is 41.4 Å². The Labute approximate surface area is 164 Å². The monoisotopic (exact) mass is 395 g/mol. The lowest BCUT2D eigenvalue weighted by molar-refractivity contribution is -0.139. The molecule has 0 heterocycles. The van der Waals surface area contributed by atoms with E-state index in [2.05, 4.69) is 16.2 Å². The third-order valence-corrected chi connectivity index (χ3v) is 3.45. The molecule has 0 spiro atoms. The zero-order chi connectivity index (χ0) is 21.0. The number of hydrogen-bond donors (Lipinski definition) is 4. The lowest BCUT2D eigenvalue weighted by atomic mass is 10.1. The van der Waals surface area contributed by atoms with Crippen LogP contribution in [0.5, 0.6) is 0 Å². The second kappa shape index (κ2) is 11.8. The van der Waals surface area contributed by atoms with Crippen LogP contribution in [0.15, 0.2) is 30.3 Å². The first-order chi connectivity index (χ1) is 13.2. The average Bonchev–Trinajstić information content (AvgIpc) is 2.61. The van der Waals surface area contributed by atoms with E-state index >= 15 is 0 Å². The fourth-order valence-electron chi connectivity index (χ4n) is 2.15. The van der Waals surface area contributed by atoms with Gasteiger partial charge in [0.2, 0.25) is 0 Å². The Balaban J connectivity index is 2.18. The van der Waals surface area contributed by atoms with Gasteiger partial charge in [0.25, 0.3) is 0 Å². The second-order valence-electron chi connectivity index (χ2n) is 7.15. The summed E-state index contributed by atoms with van der Waals surface area (Å²) in [4.78, 5) is 34.4. The summed E-state index contributed by atoms with van der Waals surface area (Å²) in [6, 6.07) is 8.36. The van der Waals surface area contributed by atoms with E-state index in [1.165, 1.54) is 0 Å². The minimum atomic E-state index is -1.09. The van der Waals surface area contributed by atoms with E-state index in [4.69, 9.17) is 9.47 Å². The predicted octanol–water partition coefficient (Wildman–Crippen LogP) is 2.57. The fourth-order valence-corrected chi connectivity index (χ4v) is 2.15. The van der Waals surface area contributed by atoms with Crippen molar-refractivity contribution in [1.29, 1.82) is 0 Å². The van der Waals surface area contributed by atoms with Crippen molar-refractivity contribution in [2.45, 2.75) is 58.3 Å². The van der Waals surface area contributed by atoms with Crippen LogP contribution in [0.25, 0.3) is 0 Å². The summed E-state index contributed by atoms with van der Waals surface area (Å²) in [6.07, 6.45) is 0.0910. The number of benzene rings is 1. The Morgan fingerprint density at radius 3 is 2.36 bits per heavy atom. The molecule has 0 fully saturated rings. The van der Waals surface area contributed by atoms with E-state index in [0.717, 1.165) is 5.56 Å². The lowest BCUT2D eigenvalue weighted by Crippen LogP contribution is -2.49. The smallest absolute Gasteiger partial charge is 0.422 e. The zero-order valence-electron chi connectivity index (χ0n) is 16.5. The van der Waals surface area contributed by atoms with E-state index in [-0.39, 0.29) is 13.0 Å². The quantitative estimate of drug-likeness (QED) is 0.354. The lowest BCUT2D eigenvalue weighted by Gasteiger charge is -2.21. The van der Waals surface area contributed by atoms with Gasteiger partial charge in [0.05, 0.1) is 0 Å². The molecule has 0 aliphatic rings. The van der Waals surface area contributed by atoms with Gasteiger partial charge in [0.1, 0.15) is 18.2 Å². The van der Waals surface area contributed by atoms with E-state index < -0.39 is 29.8 Å². The summed E-state index contributed by atoms with van der Waals surface area (Å²) in [5.41, 5.74) is 4.89. The highest BCUT2D eigenvalue weighted by atomic mass is 16.6. The fraction of sp³-hybridized carbons (Fsp3) is 0.526. The number of rotatable bonds is 10. The van der Waals surface area contributed by atoms with Crippen molar-refractivity contribution in [3.8, 4) is 0 Å². The van der Waals surface area contributed by atoms with Crippen LogP contribution in [0, 0.1) is 0 Å². The predicted molar refractivity (Wildman–Crippen MR) is 102 cm³/mol. The number of nitrogens with one attached hydrogen (secondary N) is 3. The Kier molecular flexibility index (Phi) is 9.80. The molecule has 0 aliphatic carbocycles. The molecule has 0 aliphatic heterocycles. The number of carboxylic acids is 1. The van der Waals surface area contributed by atoms with Crippen molar-refractivity contribution in [3.63, 3.8) is 0 Å². The van der Waals surface area contributed by atoms with Crippen molar-refractivity contribution in [1.82, 2.24) is 16.2 Å². The van der Waals surface area contributed by atoms with Crippen molar-refractivity contribution in [2.75, 3.05) is 6.54 Å². The van der Waals surface area contributed by atoms with Gasteiger partial charge in [-0.05, 0) is 45.6 Å². The highest BCUT2D eigenvalue weighted by Gasteiger charge is 2.20. The third-order valence-electron chi connectivity index (χ3n) is 3.45. The molecule has 9 nitrogen and oxygen atoms in total. The Morgan fingerprint density at radius 1 is 1.07 bits per heavy atom. The largest absolute Gasteiger partial charge is 0.480 e. The van der Waals surface area contributed by atoms with E-state index in [0.29, 0.717) is 19.4 Å². The summed E-state index contributed by atoms with van der Waals surface area (Å²) in [5.74, 6) is -1.09. The average molecular weight is 395 g/mol. The minimum Gasteiger partial charge on any atom is -0.480 e. The molecule has 1 atom stereocenters. The van der Waals surface area contributed by atoms with Crippen LogP contribution in [-0.2, 0) is 20.9 Å². The van der Waals surface area contributed by atoms with Crippen LogP contribution >= 0.6 is 0 Å².